The Balaban J connectivity index is 1.77. The predicted octanol–water partition coefficient (Wildman–Crippen LogP) is 2.52. The summed E-state index contributed by atoms with van der Waals surface area (Å²) in [7, 11) is 0. The molecule has 0 fully saturated rings. The first kappa shape index (κ1) is 17.7. The topological polar surface area (TPSA) is 62.6 Å². The van der Waals surface area contributed by atoms with Gasteiger partial charge in [0.2, 0.25) is 11.8 Å². The molecule has 1 N–H and O–H groups in total. The molecular weight excluding hydrogens is 311 g/mol. The molecule has 2 aromatic rings. The number of amides is 2. The van der Waals surface area contributed by atoms with Crippen LogP contribution in [0.15, 0.2) is 47.1 Å². The summed E-state index contributed by atoms with van der Waals surface area (Å²) in [5.41, 5.74) is 0.561. The first-order valence-corrected chi connectivity index (χ1v) is 7.84. The smallest absolute Gasteiger partial charge is 0.222 e. The zero-order chi connectivity index (χ0) is 17.4. The number of hydrogen-bond donors (Lipinski definition) is 1. The molecule has 2 rings (SSSR count). The molecule has 0 aliphatic heterocycles. The second-order valence-electron chi connectivity index (χ2n) is 5.45. The SMILES string of the molecule is CC(=O)N(CCC(=O)NCc1ccco1)CCc1ccccc1F. The molecule has 6 heteroatoms. The van der Waals surface area contributed by atoms with Crippen LogP contribution in [0, 0.1) is 5.82 Å². The van der Waals surface area contributed by atoms with Crippen molar-refractivity contribution in [3.8, 4) is 0 Å². The van der Waals surface area contributed by atoms with Crippen LogP contribution >= 0.6 is 0 Å². The molecule has 1 heterocycles. The first-order valence-electron chi connectivity index (χ1n) is 7.84. The van der Waals surface area contributed by atoms with E-state index in [0.717, 1.165) is 0 Å². The van der Waals surface area contributed by atoms with Crippen molar-refractivity contribution < 1.29 is 18.4 Å². The van der Waals surface area contributed by atoms with Crippen molar-refractivity contribution in [2.45, 2.75) is 26.3 Å². The van der Waals surface area contributed by atoms with Gasteiger partial charge < -0.3 is 14.6 Å². The quantitative estimate of drug-likeness (QED) is 0.808. The third-order valence-corrected chi connectivity index (χ3v) is 3.70. The van der Waals surface area contributed by atoms with Crippen LogP contribution in [0.1, 0.15) is 24.7 Å². The van der Waals surface area contributed by atoms with E-state index in [2.05, 4.69) is 5.32 Å². The molecule has 0 atom stereocenters. The van der Waals surface area contributed by atoms with Gasteiger partial charge in [-0.05, 0) is 30.2 Å². The third-order valence-electron chi connectivity index (χ3n) is 3.70. The first-order chi connectivity index (χ1) is 11.6. The summed E-state index contributed by atoms with van der Waals surface area (Å²) in [6.45, 7) is 2.44. The summed E-state index contributed by atoms with van der Waals surface area (Å²) in [6, 6.07) is 10.0. The summed E-state index contributed by atoms with van der Waals surface area (Å²) in [5.74, 6) is 0.0947. The predicted molar refractivity (Wildman–Crippen MR) is 87.5 cm³/mol. The molecule has 0 aliphatic carbocycles. The summed E-state index contributed by atoms with van der Waals surface area (Å²) in [5, 5.41) is 2.73. The van der Waals surface area contributed by atoms with Crippen molar-refractivity contribution in [2.75, 3.05) is 13.1 Å². The molecule has 24 heavy (non-hydrogen) atoms. The monoisotopic (exact) mass is 332 g/mol. The van der Waals surface area contributed by atoms with Gasteiger partial charge in [0.25, 0.3) is 0 Å². The van der Waals surface area contributed by atoms with Gasteiger partial charge in [-0.15, -0.1) is 0 Å². The minimum absolute atomic E-state index is 0.134. The maximum Gasteiger partial charge on any atom is 0.222 e. The van der Waals surface area contributed by atoms with Crippen molar-refractivity contribution in [1.82, 2.24) is 10.2 Å². The van der Waals surface area contributed by atoms with E-state index in [1.165, 1.54) is 13.0 Å². The Labute approximate surface area is 140 Å². The largest absolute Gasteiger partial charge is 0.467 e. The lowest BCUT2D eigenvalue weighted by Gasteiger charge is -2.21. The molecule has 0 radical (unpaired) electrons. The number of carbonyl (C=O) groups excluding carboxylic acids is 2. The Bertz CT molecular complexity index is 671. The van der Waals surface area contributed by atoms with Gasteiger partial charge >= 0.3 is 0 Å². The Hall–Kier alpha value is -2.63. The maximum atomic E-state index is 13.6. The second-order valence-corrected chi connectivity index (χ2v) is 5.45. The molecule has 0 spiro atoms. The fraction of sp³-hybridized carbons (Fsp3) is 0.333. The van der Waals surface area contributed by atoms with Crippen molar-refractivity contribution in [1.29, 1.82) is 0 Å². The third kappa shape index (κ3) is 5.53. The van der Waals surface area contributed by atoms with Crippen LogP contribution in [-0.4, -0.2) is 29.8 Å². The average molecular weight is 332 g/mol. The Kier molecular flexibility index (Phi) is 6.54. The van der Waals surface area contributed by atoms with Crippen molar-refractivity contribution in [3.63, 3.8) is 0 Å². The molecule has 128 valence electrons. The van der Waals surface area contributed by atoms with E-state index < -0.39 is 0 Å². The average Bonchev–Trinajstić information content (AvgIpc) is 3.07. The van der Waals surface area contributed by atoms with Crippen molar-refractivity contribution in [2.24, 2.45) is 0 Å². The van der Waals surface area contributed by atoms with Gasteiger partial charge in [-0.3, -0.25) is 9.59 Å². The van der Waals surface area contributed by atoms with Crippen LogP contribution in [-0.2, 0) is 22.6 Å². The number of nitrogens with one attached hydrogen (secondary N) is 1. The number of rotatable bonds is 8. The number of nitrogens with zero attached hydrogens (tertiary/aromatic N) is 1. The Morgan fingerprint density at radius 1 is 1.17 bits per heavy atom. The minimum Gasteiger partial charge on any atom is -0.467 e. The highest BCUT2D eigenvalue weighted by atomic mass is 19.1. The van der Waals surface area contributed by atoms with E-state index >= 15 is 0 Å². The van der Waals surface area contributed by atoms with Gasteiger partial charge in [-0.2, -0.15) is 0 Å². The van der Waals surface area contributed by atoms with Crippen LogP contribution in [0.4, 0.5) is 4.39 Å². The highest BCUT2D eigenvalue weighted by Gasteiger charge is 2.12. The van der Waals surface area contributed by atoms with E-state index in [4.69, 9.17) is 4.42 Å². The van der Waals surface area contributed by atoms with Gasteiger partial charge in [-0.25, -0.2) is 4.39 Å². The lowest BCUT2D eigenvalue weighted by molar-refractivity contribution is -0.129. The zero-order valence-electron chi connectivity index (χ0n) is 13.6. The summed E-state index contributed by atoms with van der Waals surface area (Å²) in [4.78, 5) is 25.1. The highest BCUT2D eigenvalue weighted by Crippen LogP contribution is 2.08. The number of hydrogen-bond acceptors (Lipinski definition) is 3. The van der Waals surface area contributed by atoms with E-state index in [9.17, 15) is 14.0 Å². The van der Waals surface area contributed by atoms with E-state index in [0.29, 0.717) is 37.4 Å². The molecule has 1 aromatic carbocycles. The highest BCUT2D eigenvalue weighted by molar-refractivity contribution is 5.77. The fourth-order valence-corrected chi connectivity index (χ4v) is 2.31. The van der Waals surface area contributed by atoms with Gasteiger partial charge in [0.05, 0.1) is 12.8 Å². The van der Waals surface area contributed by atoms with Crippen LogP contribution in [0.2, 0.25) is 0 Å². The molecule has 0 unspecified atom stereocenters. The lowest BCUT2D eigenvalue weighted by atomic mass is 10.1. The molecule has 1 aromatic heterocycles. The second kappa shape index (κ2) is 8.86. The van der Waals surface area contributed by atoms with Gasteiger partial charge in [-0.1, -0.05) is 18.2 Å². The fourth-order valence-electron chi connectivity index (χ4n) is 2.31. The van der Waals surface area contributed by atoms with Crippen LogP contribution in [0.5, 0.6) is 0 Å². The standard InChI is InChI=1S/C18H21FN2O3/c1-14(22)21(10-8-15-5-2-3-7-17(15)19)11-9-18(23)20-13-16-6-4-12-24-16/h2-7,12H,8-11,13H2,1H3,(H,20,23). The van der Waals surface area contributed by atoms with E-state index in [1.54, 1.807) is 41.5 Å². The summed E-state index contributed by atoms with van der Waals surface area (Å²) >= 11 is 0. The molecule has 5 nitrogen and oxygen atoms in total. The molecule has 0 aliphatic rings. The number of carbonyl (C=O) groups is 2. The van der Waals surface area contributed by atoms with Gasteiger partial charge in [0.15, 0.2) is 0 Å². The van der Waals surface area contributed by atoms with Gasteiger partial charge in [0, 0.05) is 26.4 Å². The number of benzene rings is 1. The molecular formula is C18H21FN2O3. The Morgan fingerprint density at radius 3 is 2.62 bits per heavy atom. The number of halogens is 1. The Morgan fingerprint density at radius 2 is 1.96 bits per heavy atom. The molecule has 2 amide bonds. The number of furan rings is 1. The normalized spacial score (nSPS) is 10.4. The van der Waals surface area contributed by atoms with Crippen molar-refractivity contribution >= 4 is 11.8 Å². The van der Waals surface area contributed by atoms with Crippen LogP contribution in [0.25, 0.3) is 0 Å². The minimum atomic E-state index is -0.280. The van der Waals surface area contributed by atoms with E-state index in [-0.39, 0.29) is 24.1 Å². The zero-order valence-corrected chi connectivity index (χ0v) is 13.6. The van der Waals surface area contributed by atoms with Gasteiger partial charge in [0.1, 0.15) is 11.6 Å². The molecule has 0 saturated heterocycles. The molecule has 0 bridgehead atoms. The van der Waals surface area contributed by atoms with Crippen LogP contribution in [0.3, 0.4) is 0 Å². The maximum absolute atomic E-state index is 13.6. The lowest BCUT2D eigenvalue weighted by Crippen LogP contribution is -2.35. The van der Waals surface area contributed by atoms with Crippen molar-refractivity contribution in [3.05, 3.63) is 59.8 Å². The summed E-state index contributed by atoms with van der Waals surface area (Å²) in [6.07, 6.45) is 2.15. The van der Waals surface area contributed by atoms with E-state index in [1.807, 2.05) is 0 Å². The molecule has 0 saturated carbocycles. The van der Waals surface area contributed by atoms with Crippen LogP contribution < -0.4 is 5.32 Å². The summed E-state index contributed by atoms with van der Waals surface area (Å²) < 4.78 is 18.7.